The van der Waals surface area contributed by atoms with Gasteiger partial charge in [-0.15, -0.1) is 0 Å². The van der Waals surface area contributed by atoms with Gasteiger partial charge in [0.2, 0.25) is 5.43 Å². The topological polar surface area (TPSA) is 47.4 Å². The lowest BCUT2D eigenvalue weighted by molar-refractivity contribution is -0.138. The number of benzene rings is 1. The molecule has 30 heavy (non-hydrogen) atoms. The quantitative estimate of drug-likeness (QED) is 0.614. The normalized spacial score (nSPS) is 15.0. The van der Waals surface area contributed by atoms with Gasteiger partial charge in [-0.25, -0.2) is 4.98 Å². The summed E-state index contributed by atoms with van der Waals surface area (Å²) in [6.45, 7) is 4.14. The number of alkyl halides is 3. The maximum atomic E-state index is 13.3. The van der Waals surface area contributed by atoms with Crippen LogP contribution in [0, 0.1) is 6.92 Å². The summed E-state index contributed by atoms with van der Waals surface area (Å²) >= 11 is 6.11. The molecular formula is C21H19ClF3N3O2. The van der Waals surface area contributed by atoms with Crippen LogP contribution in [0.2, 0.25) is 5.02 Å². The summed E-state index contributed by atoms with van der Waals surface area (Å²) < 4.78 is 47.0. The van der Waals surface area contributed by atoms with Crippen molar-refractivity contribution < 1.29 is 17.9 Å². The number of rotatable bonds is 3. The Hall–Kier alpha value is -2.58. The lowest BCUT2D eigenvalue weighted by atomic mass is 10.0. The summed E-state index contributed by atoms with van der Waals surface area (Å²) in [7, 11) is 0. The van der Waals surface area contributed by atoms with Crippen molar-refractivity contribution in [2.45, 2.75) is 19.6 Å². The molecule has 1 aliphatic rings. The van der Waals surface area contributed by atoms with Gasteiger partial charge in [-0.1, -0.05) is 23.7 Å². The Labute approximate surface area is 175 Å². The minimum atomic E-state index is -4.44. The van der Waals surface area contributed by atoms with Crippen LogP contribution in [0.3, 0.4) is 0 Å². The largest absolute Gasteiger partial charge is 0.416 e. The van der Waals surface area contributed by atoms with Crippen LogP contribution in [-0.2, 0) is 17.5 Å². The van der Waals surface area contributed by atoms with Crippen molar-refractivity contribution in [3.8, 4) is 0 Å². The van der Waals surface area contributed by atoms with Crippen LogP contribution in [0.15, 0.2) is 41.5 Å². The third-order valence-electron chi connectivity index (χ3n) is 5.33. The highest BCUT2D eigenvalue weighted by molar-refractivity contribution is 6.30. The van der Waals surface area contributed by atoms with E-state index in [4.69, 9.17) is 16.3 Å². The highest BCUT2D eigenvalue weighted by Crippen LogP contribution is 2.33. The highest BCUT2D eigenvalue weighted by Gasteiger charge is 2.32. The van der Waals surface area contributed by atoms with E-state index in [9.17, 15) is 18.0 Å². The molecule has 0 aliphatic carbocycles. The van der Waals surface area contributed by atoms with Gasteiger partial charge in [0.05, 0.1) is 36.2 Å². The van der Waals surface area contributed by atoms with Crippen molar-refractivity contribution >= 4 is 28.3 Å². The molecule has 3 aromatic rings. The Morgan fingerprint density at radius 3 is 2.67 bits per heavy atom. The van der Waals surface area contributed by atoms with E-state index in [1.807, 2.05) is 6.07 Å². The van der Waals surface area contributed by atoms with E-state index in [2.05, 4.69) is 9.88 Å². The number of halogens is 4. The molecular weight excluding hydrogens is 419 g/mol. The fraction of sp³-hybridized carbons (Fsp3) is 0.333. The average molecular weight is 438 g/mol. The monoisotopic (exact) mass is 437 g/mol. The first-order chi connectivity index (χ1) is 14.3. The summed E-state index contributed by atoms with van der Waals surface area (Å²) in [6.07, 6.45) is -1.36. The van der Waals surface area contributed by atoms with E-state index in [1.165, 1.54) is 19.2 Å². The Bertz CT molecular complexity index is 1150. The van der Waals surface area contributed by atoms with Crippen LogP contribution in [0.4, 0.5) is 18.9 Å². The number of nitrogens with zero attached hydrogens (tertiary/aromatic N) is 3. The number of fused-ring (bicyclic) bond motifs is 1. The van der Waals surface area contributed by atoms with Crippen molar-refractivity contribution in [1.29, 1.82) is 0 Å². The molecule has 1 saturated heterocycles. The minimum Gasteiger partial charge on any atom is -0.378 e. The molecule has 0 radical (unpaired) electrons. The summed E-state index contributed by atoms with van der Waals surface area (Å²) in [4.78, 5) is 18.9. The van der Waals surface area contributed by atoms with Crippen LogP contribution in [0.25, 0.3) is 11.0 Å². The van der Waals surface area contributed by atoms with Crippen LogP contribution in [-0.4, -0.2) is 35.9 Å². The zero-order chi connectivity index (χ0) is 21.5. The second-order valence-electron chi connectivity index (χ2n) is 7.18. The van der Waals surface area contributed by atoms with Gasteiger partial charge in [0, 0.05) is 25.8 Å². The lowest BCUT2D eigenvalue weighted by Gasteiger charge is -2.28. The standard InChI is InChI=1S/C21H19ClF3N3O2/c1-13-14(3-2-4-16(13)21(23,24)25)11-28-12-17(22)20(29)19-18(28)9-15(10-26-19)27-5-7-30-8-6-27/h2-4,9-10,12H,5-8,11H2,1H3. The number of anilines is 1. The number of ether oxygens (including phenoxy) is 1. The zero-order valence-corrected chi connectivity index (χ0v) is 16.9. The Kier molecular flexibility index (Phi) is 5.46. The molecule has 0 atom stereocenters. The van der Waals surface area contributed by atoms with Gasteiger partial charge in [0.15, 0.2) is 0 Å². The lowest BCUT2D eigenvalue weighted by Crippen LogP contribution is -2.36. The molecule has 0 bridgehead atoms. The van der Waals surface area contributed by atoms with E-state index in [0.29, 0.717) is 37.4 Å². The smallest absolute Gasteiger partial charge is 0.378 e. The molecule has 0 saturated carbocycles. The molecule has 0 unspecified atom stereocenters. The van der Waals surface area contributed by atoms with Gasteiger partial charge in [-0.2, -0.15) is 13.2 Å². The predicted molar refractivity (Wildman–Crippen MR) is 109 cm³/mol. The van der Waals surface area contributed by atoms with E-state index in [-0.39, 0.29) is 22.6 Å². The minimum absolute atomic E-state index is 0.0289. The molecule has 9 heteroatoms. The maximum Gasteiger partial charge on any atom is 0.416 e. The fourth-order valence-electron chi connectivity index (χ4n) is 3.69. The molecule has 1 aromatic carbocycles. The summed E-state index contributed by atoms with van der Waals surface area (Å²) in [5, 5.41) is -0.0289. The van der Waals surface area contributed by atoms with E-state index in [1.54, 1.807) is 16.8 Å². The van der Waals surface area contributed by atoms with Gasteiger partial charge in [0.1, 0.15) is 10.5 Å². The van der Waals surface area contributed by atoms with Crippen molar-refractivity contribution in [3.05, 3.63) is 68.6 Å². The molecule has 1 fully saturated rings. The third kappa shape index (κ3) is 3.89. The first kappa shape index (κ1) is 20.7. The van der Waals surface area contributed by atoms with Crippen molar-refractivity contribution in [2.75, 3.05) is 31.2 Å². The number of morpholine rings is 1. The van der Waals surface area contributed by atoms with Gasteiger partial charge in [0.25, 0.3) is 0 Å². The molecule has 0 amide bonds. The Balaban J connectivity index is 1.82. The fourth-order valence-corrected chi connectivity index (χ4v) is 3.89. The predicted octanol–water partition coefficient (Wildman–Crippen LogP) is 4.26. The van der Waals surface area contributed by atoms with Crippen molar-refractivity contribution in [1.82, 2.24) is 9.55 Å². The van der Waals surface area contributed by atoms with Crippen LogP contribution in [0.5, 0.6) is 0 Å². The molecule has 1 aliphatic heterocycles. The summed E-state index contributed by atoms with van der Waals surface area (Å²) in [6, 6.07) is 5.91. The Morgan fingerprint density at radius 1 is 1.23 bits per heavy atom. The van der Waals surface area contributed by atoms with Crippen LogP contribution in [0.1, 0.15) is 16.7 Å². The second-order valence-corrected chi connectivity index (χ2v) is 7.59. The molecule has 158 valence electrons. The summed E-state index contributed by atoms with van der Waals surface area (Å²) in [5.41, 5.74) is 1.07. The molecule has 0 spiro atoms. The summed E-state index contributed by atoms with van der Waals surface area (Å²) in [5.74, 6) is 0. The first-order valence-corrected chi connectivity index (χ1v) is 9.80. The van der Waals surface area contributed by atoms with Crippen molar-refractivity contribution in [2.24, 2.45) is 0 Å². The first-order valence-electron chi connectivity index (χ1n) is 9.43. The SMILES string of the molecule is Cc1c(Cn2cc(Cl)c(=O)c3ncc(N4CCOCC4)cc32)cccc1C(F)(F)F. The number of hydrogen-bond donors (Lipinski definition) is 0. The van der Waals surface area contributed by atoms with Crippen LogP contribution >= 0.6 is 11.6 Å². The number of hydrogen-bond acceptors (Lipinski definition) is 4. The molecule has 3 heterocycles. The highest BCUT2D eigenvalue weighted by atomic mass is 35.5. The van der Waals surface area contributed by atoms with Gasteiger partial charge < -0.3 is 14.2 Å². The van der Waals surface area contributed by atoms with Crippen molar-refractivity contribution in [3.63, 3.8) is 0 Å². The number of aromatic nitrogens is 2. The van der Waals surface area contributed by atoms with E-state index < -0.39 is 17.2 Å². The molecule has 2 aromatic heterocycles. The maximum absolute atomic E-state index is 13.3. The zero-order valence-electron chi connectivity index (χ0n) is 16.2. The Morgan fingerprint density at radius 2 is 1.97 bits per heavy atom. The van der Waals surface area contributed by atoms with E-state index in [0.717, 1.165) is 11.8 Å². The van der Waals surface area contributed by atoms with Crippen LogP contribution < -0.4 is 10.3 Å². The average Bonchev–Trinajstić information content (AvgIpc) is 2.72. The van der Waals surface area contributed by atoms with Gasteiger partial charge in [-0.05, 0) is 30.2 Å². The van der Waals surface area contributed by atoms with Gasteiger partial charge in [-0.3, -0.25) is 4.79 Å². The van der Waals surface area contributed by atoms with E-state index >= 15 is 0 Å². The second kappa shape index (κ2) is 7.92. The third-order valence-corrected chi connectivity index (χ3v) is 5.60. The molecule has 0 N–H and O–H groups in total. The van der Waals surface area contributed by atoms with Gasteiger partial charge >= 0.3 is 6.18 Å². The number of pyridine rings is 2. The molecule has 4 rings (SSSR count). The molecule has 5 nitrogen and oxygen atoms in total.